The Morgan fingerprint density at radius 3 is 1.97 bits per heavy atom. The summed E-state index contributed by atoms with van der Waals surface area (Å²) < 4.78 is 7.51. The number of fused-ring (bicyclic) bond motifs is 1. The fourth-order valence-corrected chi connectivity index (χ4v) is 15.5. The molecule has 4 aromatic rings. The highest BCUT2D eigenvalue weighted by Gasteiger charge is 2.57. The predicted octanol–water partition coefficient (Wildman–Crippen LogP) is 8.48. The number of amides is 2. The lowest BCUT2D eigenvalue weighted by Gasteiger charge is -2.44. The lowest BCUT2D eigenvalue weighted by Crippen LogP contribution is -2.66. The van der Waals surface area contributed by atoms with Crippen LogP contribution in [0, 0.1) is 31.6 Å². The number of benzene rings is 4. The van der Waals surface area contributed by atoms with Crippen molar-refractivity contribution in [3.05, 3.63) is 142 Å². The van der Waals surface area contributed by atoms with Gasteiger partial charge in [-0.2, -0.15) is 0 Å². The third kappa shape index (κ3) is 9.74. The Bertz CT molecular complexity index is 2200. The van der Waals surface area contributed by atoms with Crippen molar-refractivity contribution < 1.29 is 29.3 Å². The number of aryl methyl sites for hydroxylation is 2. The van der Waals surface area contributed by atoms with Gasteiger partial charge in [-0.25, -0.2) is 0 Å². The summed E-state index contributed by atoms with van der Waals surface area (Å²) in [5.41, 5.74) is 6.55. The Morgan fingerprint density at radius 1 is 0.857 bits per heavy atom. The number of phenolic OH excluding ortho intramolecular Hbond substituents is 1. The fraction of sp³-hybridized carbons (Fsp3) is 0.444. The normalized spacial score (nSPS) is 21.0. The molecule has 334 valence electrons. The summed E-state index contributed by atoms with van der Waals surface area (Å²) in [4.78, 5) is 33.4. The van der Waals surface area contributed by atoms with E-state index in [-0.39, 0.29) is 36.1 Å². The molecule has 0 spiro atoms. The van der Waals surface area contributed by atoms with Gasteiger partial charge in [0.05, 0.1) is 31.2 Å². The first-order valence-electron chi connectivity index (χ1n) is 23.2. The van der Waals surface area contributed by atoms with Gasteiger partial charge >= 0.3 is 0 Å². The van der Waals surface area contributed by atoms with Crippen molar-refractivity contribution in [2.45, 2.75) is 110 Å². The number of carbonyl (C=O) groups excluding carboxylic acids is 2. The van der Waals surface area contributed by atoms with Gasteiger partial charge in [0.15, 0.2) is 0 Å². The van der Waals surface area contributed by atoms with E-state index in [1.807, 2.05) is 44.2 Å². The molecule has 7 rings (SSSR count). The zero-order chi connectivity index (χ0) is 44.9. The van der Waals surface area contributed by atoms with Crippen LogP contribution in [0.15, 0.2) is 120 Å². The van der Waals surface area contributed by atoms with Gasteiger partial charge in [-0.1, -0.05) is 137 Å². The number of hydrogen-bond donors (Lipinski definition) is 3. The SMILES string of the molecule is CCC/C(=C\c1cc(C)c(O)c(C)c1)CC[C@@H](O)C1=C(CO[Si](c2ccccc2)(c2ccccc2)C(C)(C)C)C[C@H]2C(=O)N(C3CCN(Cc4ccccc4)CC3)C(=O)[C@H]2[C@H]1CO. The number of aromatic hydroxyl groups is 1. The van der Waals surface area contributed by atoms with Crippen LogP contribution in [0.5, 0.6) is 5.75 Å². The van der Waals surface area contributed by atoms with Crippen LogP contribution in [-0.2, 0) is 20.6 Å². The first-order chi connectivity index (χ1) is 30.3. The molecule has 2 saturated heterocycles. The number of rotatable bonds is 16. The third-order valence-electron chi connectivity index (χ3n) is 14.0. The van der Waals surface area contributed by atoms with Crippen LogP contribution in [0.4, 0.5) is 0 Å². The lowest BCUT2D eigenvalue weighted by molar-refractivity contribution is -0.144. The summed E-state index contributed by atoms with van der Waals surface area (Å²) in [6.07, 6.45) is 5.66. The molecule has 4 atom stereocenters. The van der Waals surface area contributed by atoms with E-state index in [4.69, 9.17) is 4.43 Å². The molecule has 0 aromatic heterocycles. The summed E-state index contributed by atoms with van der Waals surface area (Å²) in [6.45, 7) is 14.9. The van der Waals surface area contributed by atoms with Gasteiger partial charge in [0.1, 0.15) is 5.75 Å². The van der Waals surface area contributed by atoms with E-state index in [1.165, 1.54) is 11.1 Å². The Morgan fingerprint density at radius 2 is 1.43 bits per heavy atom. The number of likely N-dealkylation sites (tertiary alicyclic amines) is 2. The van der Waals surface area contributed by atoms with Crippen molar-refractivity contribution in [2.24, 2.45) is 17.8 Å². The standard InChI is InChI=1S/C54H68N2O6Si/c1-7-17-39(32-41-30-37(2)51(59)38(3)31-41)24-25-48(58)49-42(36-62-63(54(4,5)6,44-20-13-9-14-21-44)45-22-15-10-16-23-45)33-46-50(47(49)35-57)53(61)56(52(46)60)43-26-28-55(29-27-43)34-40-18-11-8-12-19-40/h8-16,18-23,30-32,43,46-48,50,57-59H,7,17,24-29,33-36H2,1-6H3/b39-32+/t46-,47+,48-,50-/m1/s1. The minimum Gasteiger partial charge on any atom is -0.507 e. The third-order valence-corrected chi connectivity index (χ3v) is 19.0. The molecule has 0 saturated carbocycles. The molecule has 2 aliphatic heterocycles. The number of phenols is 1. The van der Waals surface area contributed by atoms with Crippen molar-refractivity contribution in [1.82, 2.24) is 9.80 Å². The number of piperidine rings is 1. The second-order valence-corrected chi connectivity index (χ2v) is 23.6. The van der Waals surface area contributed by atoms with Gasteiger partial charge in [0.2, 0.25) is 11.8 Å². The minimum absolute atomic E-state index is 0.158. The number of nitrogens with zero attached hydrogens (tertiary/aromatic N) is 2. The minimum atomic E-state index is -3.05. The van der Waals surface area contributed by atoms with Gasteiger partial charge in [-0.15, -0.1) is 0 Å². The maximum Gasteiger partial charge on any atom is 0.261 e. The average Bonchev–Trinajstić information content (AvgIpc) is 3.53. The second kappa shape index (κ2) is 20.0. The molecule has 0 bridgehead atoms. The summed E-state index contributed by atoms with van der Waals surface area (Å²) in [7, 11) is -3.05. The zero-order valence-electron chi connectivity index (χ0n) is 38.2. The molecule has 0 radical (unpaired) electrons. The van der Waals surface area contributed by atoms with E-state index < -0.39 is 32.2 Å². The van der Waals surface area contributed by atoms with Gasteiger partial charge < -0.3 is 19.7 Å². The summed E-state index contributed by atoms with van der Waals surface area (Å²) in [5.74, 6) is -2.18. The van der Waals surface area contributed by atoms with Gasteiger partial charge in [0.25, 0.3) is 8.32 Å². The smallest absolute Gasteiger partial charge is 0.261 e. The number of aliphatic hydroxyl groups excluding tert-OH is 2. The molecule has 4 aromatic carbocycles. The average molecular weight is 869 g/mol. The Balaban J connectivity index is 1.23. The molecule has 8 nitrogen and oxygen atoms in total. The fourth-order valence-electron chi connectivity index (χ4n) is 11.0. The molecular weight excluding hydrogens is 801 g/mol. The molecule has 2 fully saturated rings. The maximum absolute atomic E-state index is 14.7. The molecule has 1 aliphatic carbocycles. The number of hydrogen-bond acceptors (Lipinski definition) is 7. The van der Waals surface area contributed by atoms with Crippen molar-refractivity contribution in [2.75, 3.05) is 26.3 Å². The van der Waals surface area contributed by atoms with Crippen molar-refractivity contribution in [3.8, 4) is 5.75 Å². The van der Waals surface area contributed by atoms with Crippen LogP contribution in [0.25, 0.3) is 6.08 Å². The number of allylic oxidation sites excluding steroid dienone is 1. The lowest BCUT2D eigenvalue weighted by atomic mass is 9.68. The van der Waals surface area contributed by atoms with E-state index in [0.29, 0.717) is 43.4 Å². The van der Waals surface area contributed by atoms with E-state index in [9.17, 15) is 24.9 Å². The summed E-state index contributed by atoms with van der Waals surface area (Å²) in [6, 6.07) is 35.1. The topological polar surface area (TPSA) is 111 Å². The molecule has 2 amide bonds. The maximum atomic E-state index is 14.7. The van der Waals surface area contributed by atoms with E-state index in [0.717, 1.165) is 65.1 Å². The van der Waals surface area contributed by atoms with Crippen LogP contribution >= 0.6 is 0 Å². The second-order valence-electron chi connectivity index (χ2n) is 19.3. The Kier molecular flexibility index (Phi) is 14.7. The van der Waals surface area contributed by atoms with Crippen LogP contribution in [0.2, 0.25) is 5.04 Å². The highest BCUT2D eigenvalue weighted by atomic mass is 28.4. The predicted molar refractivity (Wildman–Crippen MR) is 255 cm³/mol. The first-order valence-corrected chi connectivity index (χ1v) is 25.1. The molecule has 63 heavy (non-hydrogen) atoms. The van der Waals surface area contributed by atoms with E-state index >= 15 is 0 Å². The van der Waals surface area contributed by atoms with E-state index in [2.05, 4.69) is 111 Å². The molecule has 0 unspecified atom stereocenters. The van der Waals surface area contributed by atoms with Crippen LogP contribution in [0.1, 0.15) is 94.9 Å². The van der Waals surface area contributed by atoms with Crippen LogP contribution < -0.4 is 10.4 Å². The number of imide groups is 1. The van der Waals surface area contributed by atoms with Crippen molar-refractivity contribution in [1.29, 1.82) is 0 Å². The number of carbonyl (C=O) groups is 2. The molecule has 3 aliphatic rings. The van der Waals surface area contributed by atoms with Crippen LogP contribution in [0.3, 0.4) is 0 Å². The van der Waals surface area contributed by atoms with Gasteiger partial charge in [-0.05, 0) is 113 Å². The van der Waals surface area contributed by atoms with E-state index in [1.54, 1.807) is 4.90 Å². The number of aliphatic hydroxyl groups is 2. The monoisotopic (exact) mass is 868 g/mol. The highest BCUT2D eigenvalue weighted by molar-refractivity contribution is 6.99. The summed E-state index contributed by atoms with van der Waals surface area (Å²) >= 11 is 0. The molecule has 2 heterocycles. The molecular formula is C54H68N2O6Si. The van der Waals surface area contributed by atoms with Crippen LogP contribution in [-0.4, -0.2) is 83.7 Å². The van der Waals surface area contributed by atoms with Crippen molar-refractivity contribution in [3.63, 3.8) is 0 Å². The zero-order valence-corrected chi connectivity index (χ0v) is 39.2. The quantitative estimate of drug-likeness (QED) is 0.0589. The highest BCUT2D eigenvalue weighted by Crippen LogP contribution is 2.48. The largest absolute Gasteiger partial charge is 0.507 e. The van der Waals surface area contributed by atoms with Gasteiger partial charge in [0, 0.05) is 31.6 Å². The van der Waals surface area contributed by atoms with Crippen molar-refractivity contribution >= 4 is 36.6 Å². The molecule has 9 heteroatoms. The molecule has 3 N–H and O–H groups in total. The Labute approximate surface area is 376 Å². The van der Waals surface area contributed by atoms with Gasteiger partial charge in [-0.3, -0.25) is 19.4 Å². The summed E-state index contributed by atoms with van der Waals surface area (Å²) in [5, 5.41) is 36.3. The first kappa shape index (κ1) is 46.4. The Hall–Kier alpha value is -4.64.